The van der Waals surface area contributed by atoms with Gasteiger partial charge >= 0.3 is 6.09 Å². The minimum Gasteiger partial charge on any atom is -0.324 e. The van der Waals surface area contributed by atoms with E-state index in [0.717, 1.165) is 20.5 Å². The molecular weight excluding hydrogens is 344 g/mol. The average molecular weight is 359 g/mol. The molecule has 0 aliphatic heterocycles. The van der Waals surface area contributed by atoms with Crippen LogP contribution in [0.4, 0.5) is 10.5 Å². The Bertz CT molecular complexity index is 906. The molecule has 2 N–H and O–H groups in total. The van der Waals surface area contributed by atoms with Crippen LogP contribution >= 0.6 is 22.9 Å². The summed E-state index contributed by atoms with van der Waals surface area (Å²) in [5.41, 5.74) is 4.83. The normalized spacial score (nSPS) is 10.4. The van der Waals surface area contributed by atoms with E-state index in [9.17, 15) is 4.79 Å². The molecule has 0 spiro atoms. The van der Waals surface area contributed by atoms with Gasteiger partial charge in [0.25, 0.3) is 0 Å². The molecule has 0 aliphatic rings. The summed E-state index contributed by atoms with van der Waals surface area (Å²) in [6.07, 6.45) is -0.607. The zero-order valence-electron chi connectivity index (χ0n) is 12.9. The Kier molecular flexibility index (Phi) is 4.74. The summed E-state index contributed by atoms with van der Waals surface area (Å²) in [6.45, 7) is 5.93. The van der Waals surface area contributed by atoms with E-state index in [4.69, 9.17) is 16.4 Å². The number of benzene rings is 2. The van der Waals surface area contributed by atoms with E-state index in [2.05, 4.69) is 17.4 Å². The van der Waals surface area contributed by atoms with Gasteiger partial charge in [-0.05, 0) is 48.2 Å². The number of carbonyl (C=O) groups is 1. The first-order valence-electron chi connectivity index (χ1n) is 7.21. The maximum Gasteiger partial charge on any atom is 0.435 e. The van der Waals surface area contributed by atoms with Crippen molar-refractivity contribution in [2.75, 3.05) is 5.32 Å². The fourth-order valence-corrected chi connectivity index (χ4v) is 3.58. The van der Waals surface area contributed by atoms with Crippen LogP contribution in [0.25, 0.3) is 15.8 Å². The van der Waals surface area contributed by atoms with Crippen molar-refractivity contribution < 1.29 is 9.63 Å². The van der Waals surface area contributed by atoms with Crippen molar-refractivity contribution in [3.8, 4) is 0 Å². The smallest absolute Gasteiger partial charge is 0.324 e. The summed E-state index contributed by atoms with van der Waals surface area (Å²) >= 11 is 7.61. The average Bonchev–Trinajstić information content (AvgIpc) is 2.90. The number of carbonyl (C=O) groups excluding carboxylic acids is 1. The van der Waals surface area contributed by atoms with E-state index in [1.54, 1.807) is 23.5 Å². The molecule has 122 valence electrons. The molecule has 0 fully saturated rings. The largest absolute Gasteiger partial charge is 0.435 e. The van der Waals surface area contributed by atoms with Crippen LogP contribution in [0.2, 0.25) is 5.02 Å². The number of para-hydroxylation sites is 1. The quantitative estimate of drug-likeness (QED) is 0.598. The lowest BCUT2D eigenvalue weighted by molar-refractivity contribution is 0.131. The van der Waals surface area contributed by atoms with Gasteiger partial charge in [-0.2, -0.15) is 0 Å². The van der Waals surface area contributed by atoms with Gasteiger partial charge in [-0.25, -0.2) is 10.3 Å². The number of thiophene rings is 1. The number of amides is 1. The summed E-state index contributed by atoms with van der Waals surface area (Å²) in [4.78, 5) is 17.7. The zero-order valence-corrected chi connectivity index (χ0v) is 14.5. The number of anilines is 1. The first-order chi connectivity index (χ1) is 11.5. The first-order valence-corrected chi connectivity index (χ1v) is 8.41. The third-order valence-electron chi connectivity index (χ3n) is 3.46. The van der Waals surface area contributed by atoms with Crippen molar-refractivity contribution in [1.29, 1.82) is 0 Å². The van der Waals surface area contributed by atoms with E-state index < -0.39 is 6.09 Å². The molecule has 0 bridgehead atoms. The minimum atomic E-state index is -0.607. The fourth-order valence-electron chi connectivity index (χ4n) is 2.30. The van der Waals surface area contributed by atoms with Crippen molar-refractivity contribution in [2.45, 2.75) is 6.92 Å². The van der Waals surface area contributed by atoms with Crippen molar-refractivity contribution in [3.63, 3.8) is 0 Å². The molecule has 1 heterocycles. The molecule has 24 heavy (non-hydrogen) atoms. The summed E-state index contributed by atoms with van der Waals surface area (Å²) in [5.74, 6) is 0. The highest BCUT2D eigenvalue weighted by Crippen LogP contribution is 2.35. The van der Waals surface area contributed by atoms with Gasteiger partial charge in [0.1, 0.15) is 0 Å². The molecule has 4 nitrogen and oxygen atoms in total. The zero-order chi connectivity index (χ0) is 17.1. The molecule has 6 heteroatoms. The number of rotatable bonds is 4. The van der Waals surface area contributed by atoms with Crippen LogP contribution in [0.1, 0.15) is 10.4 Å². The van der Waals surface area contributed by atoms with Crippen LogP contribution in [0, 0.1) is 6.92 Å². The second-order valence-electron chi connectivity index (χ2n) is 5.16. The third kappa shape index (κ3) is 3.53. The number of nitrogens with one attached hydrogen (secondary N) is 2. The van der Waals surface area contributed by atoms with Crippen LogP contribution in [0.5, 0.6) is 0 Å². The fraction of sp³-hybridized carbons (Fsp3) is 0.0556. The highest BCUT2D eigenvalue weighted by Gasteiger charge is 2.13. The Morgan fingerprint density at radius 1 is 1.21 bits per heavy atom. The lowest BCUT2D eigenvalue weighted by Crippen LogP contribution is -2.22. The SMILES string of the molecule is C=C(NOC(=O)Nc1ccccc1)c1sc2ccc(Cl)cc2c1C. The van der Waals surface area contributed by atoms with Crippen molar-refractivity contribution >= 4 is 50.5 Å². The molecule has 3 aromatic rings. The van der Waals surface area contributed by atoms with Gasteiger partial charge in [-0.3, -0.25) is 5.32 Å². The Morgan fingerprint density at radius 2 is 1.96 bits per heavy atom. The van der Waals surface area contributed by atoms with Gasteiger partial charge in [0.05, 0.1) is 10.6 Å². The van der Waals surface area contributed by atoms with Crippen LogP contribution in [0.3, 0.4) is 0 Å². The van der Waals surface area contributed by atoms with Crippen LogP contribution in [-0.4, -0.2) is 6.09 Å². The van der Waals surface area contributed by atoms with E-state index in [0.29, 0.717) is 16.4 Å². The molecule has 0 radical (unpaired) electrons. The Labute approximate surface area is 148 Å². The number of hydrogen-bond donors (Lipinski definition) is 2. The van der Waals surface area contributed by atoms with Crippen molar-refractivity contribution in [2.24, 2.45) is 0 Å². The molecule has 0 saturated heterocycles. The number of hydroxylamine groups is 1. The maximum absolute atomic E-state index is 11.8. The summed E-state index contributed by atoms with van der Waals surface area (Å²) < 4.78 is 1.10. The Balaban J connectivity index is 1.67. The lowest BCUT2D eigenvalue weighted by Gasteiger charge is -2.10. The highest BCUT2D eigenvalue weighted by atomic mass is 35.5. The molecule has 1 amide bonds. The van der Waals surface area contributed by atoms with Crippen LogP contribution in [0.15, 0.2) is 55.1 Å². The van der Waals surface area contributed by atoms with Crippen molar-refractivity contribution in [3.05, 3.63) is 70.6 Å². The summed E-state index contributed by atoms with van der Waals surface area (Å²) in [6, 6.07) is 14.8. The van der Waals surface area contributed by atoms with Gasteiger partial charge in [0, 0.05) is 15.4 Å². The van der Waals surface area contributed by atoms with Crippen LogP contribution in [-0.2, 0) is 4.84 Å². The Hall–Kier alpha value is -2.50. The lowest BCUT2D eigenvalue weighted by atomic mass is 10.1. The minimum absolute atomic E-state index is 0.521. The maximum atomic E-state index is 11.8. The Morgan fingerprint density at radius 3 is 2.71 bits per heavy atom. The molecule has 0 saturated carbocycles. The molecule has 2 aromatic carbocycles. The van der Waals surface area contributed by atoms with Gasteiger partial charge in [0.2, 0.25) is 0 Å². The second-order valence-corrected chi connectivity index (χ2v) is 6.65. The van der Waals surface area contributed by atoms with E-state index in [1.165, 1.54) is 0 Å². The predicted molar refractivity (Wildman–Crippen MR) is 100 cm³/mol. The van der Waals surface area contributed by atoms with Crippen molar-refractivity contribution in [1.82, 2.24) is 5.48 Å². The van der Waals surface area contributed by atoms with Gasteiger partial charge in [0.15, 0.2) is 0 Å². The van der Waals surface area contributed by atoms with E-state index >= 15 is 0 Å². The van der Waals surface area contributed by atoms with E-state index in [-0.39, 0.29) is 0 Å². The standard InChI is InChI=1S/C18H15ClN2O2S/c1-11-15-10-13(19)8-9-16(15)24-17(11)12(2)21-23-18(22)20-14-6-4-3-5-7-14/h3-10,21H,2H2,1H3,(H,20,22). The van der Waals surface area contributed by atoms with Crippen LogP contribution < -0.4 is 10.8 Å². The molecule has 0 unspecified atom stereocenters. The highest BCUT2D eigenvalue weighted by molar-refractivity contribution is 7.20. The predicted octanol–water partition coefficient (Wildman–Crippen LogP) is 5.59. The topological polar surface area (TPSA) is 50.4 Å². The number of aryl methyl sites for hydroxylation is 1. The van der Waals surface area contributed by atoms with E-state index in [1.807, 2.05) is 43.3 Å². The first kappa shape index (κ1) is 16.4. The third-order valence-corrected chi connectivity index (χ3v) is 5.03. The van der Waals surface area contributed by atoms with Gasteiger partial charge in [-0.15, -0.1) is 11.3 Å². The number of hydrogen-bond acceptors (Lipinski definition) is 4. The van der Waals surface area contributed by atoms with Gasteiger partial charge < -0.3 is 4.84 Å². The second kappa shape index (κ2) is 6.95. The molecule has 0 aliphatic carbocycles. The number of halogens is 1. The molecule has 1 aromatic heterocycles. The number of fused-ring (bicyclic) bond motifs is 1. The molecule has 3 rings (SSSR count). The monoisotopic (exact) mass is 358 g/mol. The van der Waals surface area contributed by atoms with Gasteiger partial charge in [-0.1, -0.05) is 36.4 Å². The summed E-state index contributed by atoms with van der Waals surface area (Å²) in [7, 11) is 0. The molecule has 0 atom stereocenters. The summed E-state index contributed by atoms with van der Waals surface area (Å²) in [5, 5.41) is 4.37. The molecular formula is C18H15ClN2O2S.